The molecule has 0 spiro atoms. The van der Waals surface area contributed by atoms with E-state index in [1.54, 1.807) is 13.8 Å². The molecule has 1 amide bonds. The molecule has 0 aliphatic carbocycles. The van der Waals surface area contributed by atoms with E-state index in [0.29, 0.717) is 17.9 Å². The lowest BCUT2D eigenvalue weighted by atomic mass is 10.1. The second-order valence-corrected chi connectivity index (χ2v) is 4.33. The summed E-state index contributed by atoms with van der Waals surface area (Å²) in [5.74, 6) is 0.0870. The molecule has 0 aliphatic heterocycles. The predicted molar refractivity (Wildman–Crippen MR) is 62.6 cm³/mol. The van der Waals surface area contributed by atoms with Crippen LogP contribution < -0.4 is 0 Å². The van der Waals surface area contributed by atoms with Gasteiger partial charge >= 0.3 is 6.18 Å². The summed E-state index contributed by atoms with van der Waals surface area (Å²) in [5, 5.41) is 3.74. The van der Waals surface area contributed by atoms with E-state index in [0.717, 1.165) is 10.5 Å². The Morgan fingerprint density at radius 2 is 2.00 bits per heavy atom. The lowest BCUT2D eigenvalue weighted by Gasteiger charge is -2.22. The summed E-state index contributed by atoms with van der Waals surface area (Å²) in [6.45, 7) is 3.82. The average Bonchev–Trinajstić information content (AvgIpc) is 2.62. The maximum Gasteiger partial charge on any atom is 0.406 e. The number of hydrogen-bond acceptors (Lipinski definition) is 3. The molecule has 0 radical (unpaired) electrons. The zero-order valence-electron chi connectivity index (χ0n) is 11.2. The summed E-state index contributed by atoms with van der Waals surface area (Å²) in [7, 11) is 0. The molecule has 0 saturated carbocycles. The fraction of sp³-hybridized carbons (Fsp3) is 0.667. The number of rotatable bonds is 5. The van der Waals surface area contributed by atoms with Gasteiger partial charge in [-0.3, -0.25) is 4.79 Å². The van der Waals surface area contributed by atoms with Crippen molar-refractivity contribution < 1.29 is 22.5 Å². The van der Waals surface area contributed by atoms with Gasteiger partial charge in [0.2, 0.25) is 5.91 Å². The molecule has 0 aromatic carbocycles. The Morgan fingerprint density at radius 3 is 2.42 bits per heavy atom. The van der Waals surface area contributed by atoms with E-state index in [4.69, 9.17) is 4.52 Å². The number of halogens is 3. The molecule has 0 unspecified atom stereocenters. The number of carbonyl (C=O) groups excluding carboxylic acids is 1. The topological polar surface area (TPSA) is 46.3 Å². The first-order valence-electron chi connectivity index (χ1n) is 6.01. The quantitative estimate of drug-likeness (QED) is 0.831. The molecule has 0 aliphatic rings. The van der Waals surface area contributed by atoms with Gasteiger partial charge in [0, 0.05) is 18.5 Å². The Balaban J connectivity index is 2.59. The molecule has 0 atom stereocenters. The molecule has 1 heterocycles. The molecule has 108 valence electrons. The molecule has 0 saturated heterocycles. The van der Waals surface area contributed by atoms with E-state index >= 15 is 0 Å². The van der Waals surface area contributed by atoms with Crippen molar-refractivity contribution in [2.24, 2.45) is 0 Å². The Hall–Kier alpha value is -1.53. The third-order valence-corrected chi connectivity index (χ3v) is 2.87. The molecule has 1 aromatic heterocycles. The van der Waals surface area contributed by atoms with Crippen molar-refractivity contribution >= 4 is 5.91 Å². The van der Waals surface area contributed by atoms with Crippen LogP contribution in [0.5, 0.6) is 0 Å². The Labute approximate surface area is 109 Å². The van der Waals surface area contributed by atoms with Gasteiger partial charge in [0.05, 0.1) is 5.69 Å². The van der Waals surface area contributed by atoms with Crippen LogP contribution in [-0.2, 0) is 11.2 Å². The van der Waals surface area contributed by atoms with Gasteiger partial charge in [0.1, 0.15) is 12.3 Å². The first kappa shape index (κ1) is 15.5. The van der Waals surface area contributed by atoms with Gasteiger partial charge in [0.25, 0.3) is 0 Å². The number of aromatic nitrogens is 1. The number of aryl methyl sites for hydroxylation is 2. The number of alkyl halides is 3. The molecule has 1 rings (SSSR count). The maximum atomic E-state index is 12.3. The highest BCUT2D eigenvalue weighted by Gasteiger charge is 2.32. The van der Waals surface area contributed by atoms with Crippen molar-refractivity contribution in [2.45, 2.75) is 39.8 Å². The van der Waals surface area contributed by atoms with Gasteiger partial charge in [-0.2, -0.15) is 13.2 Å². The molecule has 4 nitrogen and oxygen atoms in total. The highest BCUT2D eigenvalue weighted by atomic mass is 19.4. The van der Waals surface area contributed by atoms with Crippen LogP contribution in [0, 0.1) is 13.8 Å². The van der Waals surface area contributed by atoms with Gasteiger partial charge in [-0.05, 0) is 27.2 Å². The molecule has 0 bridgehead atoms. The minimum atomic E-state index is -4.37. The first-order chi connectivity index (χ1) is 8.74. The molecular weight excluding hydrogens is 261 g/mol. The fourth-order valence-corrected chi connectivity index (χ4v) is 1.84. The largest absolute Gasteiger partial charge is 0.406 e. The van der Waals surface area contributed by atoms with Crippen LogP contribution in [0.2, 0.25) is 0 Å². The van der Waals surface area contributed by atoms with Gasteiger partial charge in [-0.25, -0.2) is 0 Å². The lowest BCUT2D eigenvalue weighted by Crippen LogP contribution is -2.38. The number of carbonyl (C=O) groups is 1. The number of nitrogens with zero attached hydrogens (tertiary/aromatic N) is 2. The molecule has 0 N–H and O–H groups in total. The normalized spacial score (nSPS) is 11.7. The summed E-state index contributed by atoms with van der Waals surface area (Å²) in [4.78, 5) is 12.5. The van der Waals surface area contributed by atoms with E-state index < -0.39 is 18.6 Å². The molecule has 0 fully saturated rings. The zero-order chi connectivity index (χ0) is 14.6. The molecule has 1 aromatic rings. The average molecular weight is 278 g/mol. The second-order valence-electron chi connectivity index (χ2n) is 4.33. The lowest BCUT2D eigenvalue weighted by molar-refractivity contribution is -0.160. The van der Waals surface area contributed by atoms with E-state index in [1.165, 1.54) is 6.92 Å². The van der Waals surface area contributed by atoms with Crippen LogP contribution >= 0.6 is 0 Å². The third-order valence-electron chi connectivity index (χ3n) is 2.87. The molecule has 19 heavy (non-hydrogen) atoms. The van der Waals surface area contributed by atoms with Crippen LogP contribution in [0.4, 0.5) is 13.2 Å². The van der Waals surface area contributed by atoms with E-state index in [1.807, 2.05) is 0 Å². The van der Waals surface area contributed by atoms with Crippen LogP contribution in [0.15, 0.2) is 4.52 Å². The SMILES string of the molecule is CCN(CC(F)(F)F)C(=O)CCc1c(C)noc1C. The van der Waals surface area contributed by atoms with Crippen LogP contribution in [0.25, 0.3) is 0 Å². The Bertz CT molecular complexity index is 421. The summed E-state index contributed by atoms with van der Waals surface area (Å²) in [5.41, 5.74) is 1.46. The second kappa shape index (κ2) is 6.08. The highest BCUT2D eigenvalue weighted by molar-refractivity contribution is 5.76. The monoisotopic (exact) mass is 278 g/mol. The smallest absolute Gasteiger partial charge is 0.361 e. The van der Waals surface area contributed by atoms with Crippen molar-refractivity contribution in [1.29, 1.82) is 0 Å². The summed E-state index contributed by atoms with van der Waals surface area (Å²) < 4.78 is 41.8. The van der Waals surface area contributed by atoms with Crippen molar-refractivity contribution in [3.05, 3.63) is 17.0 Å². The van der Waals surface area contributed by atoms with Crippen molar-refractivity contribution in [3.63, 3.8) is 0 Å². The van der Waals surface area contributed by atoms with E-state index in [2.05, 4.69) is 5.16 Å². The van der Waals surface area contributed by atoms with Crippen molar-refractivity contribution in [2.75, 3.05) is 13.1 Å². The minimum absolute atomic E-state index is 0.0206. The fourth-order valence-electron chi connectivity index (χ4n) is 1.84. The van der Waals surface area contributed by atoms with Gasteiger partial charge < -0.3 is 9.42 Å². The van der Waals surface area contributed by atoms with Crippen LogP contribution in [0.3, 0.4) is 0 Å². The third kappa shape index (κ3) is 4.57. The van der Waals surface area contributed by atoms with E-state index in [-0.39, 0.29) is 13.0 Å². The van der Waals surface area contributed by atoms with Crippen LogP contribution in [-0.4, -0.2) is 35.2 Å². The predicted octanol–water partition coefficient (Wildman–Crippen LogP) is 2.63. The highest BCUT2D eigenvalue weighted by Crippen LogP contribution is 2.18. The number of hydrogen-bond donors (Lipinski definition) is 0. The Morgan fingerprint density at radius 1 is 1.37 bits per heavy atom. The standard InChI is InChI=1S/C12H17F3N2O2/c1-4-17(7-12(13,14)15)11(18)6-5-10-8(2)16-19-9(10)3/h4-7H2,1-3H3. The van der Waals surface area contributed by atoms with Crippen LogP contribution in [0.1, 0.15) is 30.4 Å². The van der Waals surface area contributed by atoms with E-state index in [9.17, 15) is 18.0 Å². The van der Waals surface area contributed by atoms with Gasteiger partial charge in [0.15, 0.2) is 0 Å². The summed E-state index contributed by atoms with van der Waals surface area (Å²) >= 11 is 0. The first-order valence-corrected chi connectivity index (χ1v) is 6.01. The van der Waals surface area contributed by atoms with Crippen molar-refractivity contribution in [1.82, 2.24) is 10.1 Å². The van der Waals surface area contributed by atoms with Crippen molar-refractivity contribution in [3.8, 4) is 0 Å². The zero-order valence-corrected chi connectivity index (χ0v) is 11.2. The number of amides is 1. The Kier molecular flexibility index (Phi) is 4.97. The maximum absolute atomic E-state index is 12.3. The summed E-state index contributed by atoms with van der Waals surface area (Å²) in [6, 6.07) is 0. The molecular formula is C12H17F3N2O2. The van der Waals surface area contributed by atoms with Gasteiger partial charge in [-0.15, -0.1) is 0 Å². The summed E-state index contributed by atoms with van der Waals surface area (Å²) in [6.07, 6.45) is -4.00. The minimum Gasteiger partial charge on any atom is -0.361 e. The van der Waals surface area contributed by atoms with Gasteiger partial charge in [-0.1, -0.05) is 5.16 Å². The molecule has 7 heteroatoms.